The van der Waals surface area contributed by atoms with E-state index < -0.39 is 65.5 Å². The number of fused-ring (bicyclic) bond motifs is 3. The smallest absolute Gasteiger partial charge is 0.329 e. The van der Waals surface area contributed by atoms with Crippen LogP contribution in [0.15, 0.2) is 164 Å². The van der Waals surface area contributed by atoms with Crippen molar-refractivity contribution < 1.29 is 38.9 Å². The van der Waals surface area contributed by atoms with Crippen LogP contribution in [0, 0.1) is 17.8 Å². The van der Waals surface area contributed by atoms with Crippen LogP contribution in [0.3, 0.4) is 0 Å². The van der Waals surface area contributed by atoms with E-state index >= 15 is 9.59 Å². The Morgan fingerprint density at radius 1 is 0.806 bits per heavy atom. The molecule has 6 aromatic rings. The molecule has 0 aromatic heterocycles. The standard InChI is InChI=1S/C55H50N4O8/c1-36(39-20-9-4-10-21-39)56-54(65)58-45-29-28-37(19-16-30-57(2)35-38-17-7-3-8-18-38)33-44(45)55(53(58)64)46(51(61)62)48-52(63)67-49(41-24-13-6-14-25-41)47(40-22-11-5-12-23-40)59(48)50(55)42-26-15-27-43(34-42)66-32-31-60/h3-15,17-18,20-29,33-34,36,46-50,60H,30-32,35H2,1-2H3,(H,56,65)(H,61,62). The number of nitrogens with zero attached hydrogens (tertiary/aromatic N) is 3. The summed E-state index contributed by atoms with van der Waals surface area (Å²) in [4.78, 5) is 65.5. The Hall–Kier alpha value is -7.56. The number of carbonyl (C=O) groups excluding carboxylic acids is 3. The van der Waals surface area contributed by atoms with Crippen LogP contribution >= 0.6 is 0 Å². The molecule has 0 radical (unpaired) electrons. The monoisotopic (exact) mass is 894 g/mol. The molecule has 9 rings (SSSR count). The fourth-order valence-corrected chi connectivity index (χ4v) is 10.2. The number of nitrogens with one attached hydrogen (secondary N) is 1. The highest BCUT2D eigenvalue weighted by atomic mass is 16.6. The SMILES string of the molecule is CC(NC(=O)N1C(=O)C2(c3cc(C#CCN(C)Cc4ccccc4)ccc31)C(C(=O)O)C1C(=O)OC(c3ccccc3)C(c3ccccc3)N1C2c1cccc(OCCO)c1)c1ccccc1. The molecule has 1 spiro atoms. The number of cyclic esters (lactones) is 1. The van der Waals surface area contributed by atoms with Gasteiger partial charge >= 0.3 is 18.0 Å². The van der Waals surface area contributed by atoms with Crippen LogP contribution < -0.4 is 15.0 Å². The van der Waals surface area contributed by atoms with Gasteiger partial charge in [0.1, 0.15) is 35.8 Å². The largest absolute Gasteiger partial charge is 0.491 e. The van der Waals surface area contributed by atoms with Crippen molar-refractivity contribution in [3.05, 3.63) is 203 Å². The molecule has 0 bridgehead atoms. The zero-order valence-corrected chi connectivity index (χ0v) is 37.1. The second kappa shape index (κ2) is 19.1. The topological polar surface area (TPSA) is 149 Å². The minimum atomic E-state index is -2.14. The van der Waals surface area contributed by atoms with E-state index in [0.717, 1.165) is 16.0 Å². The van der Waals surface area contributed by atoms with Gasteiger partial charge in [0.2, 0.25) is 5.91 Å². The first-order valence-corrected chi connectivity index (χ1v) is 22.3. The van der Waals surface area contributed by atoms with Crippen molar-refractivity contribution >= 4 is 29.6 Å². The molecule has 3 amide bonds. The van der Waals surface area contributed by atoms with Crippen molar-refractivity contribution in [1.29, 1.82) is 0 Å². The lowest BCUT2D eigenvalue weighted by atomic mass is 9.65. The Kier molecular flexibility index (Phi) is 12.7. The highest BCUT2D eigenvalue weighted by molar-refractivity contribution is 6.24. The van der Waals surface area contributed by atoms with Gasteiger partial charge < -0.3 is 25.0 Å². The number of carboxylic acids is 1. The number of ether oxygens (including phenoxy) is 2. The molecular weight excluding hydrogens is 845 g/mol. The van der Waals surface area contributed by atoms with Crippen LogP contribution in [0.1, 0.15) is 70.1 Å². The van der Waals surface area contributed by atoms with E-state index in [4.69, 9.17) is 9.47 Å². The van der Waals surface area contributed by atoms with Gasteiger partial charge in [-0.2, -0.15) is 0 Å². The van der Waals surface area contributed by atoms with Crippen molar-refractivity contribution in [3.8, 4) is 17.6 Å². The number of carbonyl (C=O) groups is 4. The average molecular weight is 895 g/mol. The first-order valence-electron chi connectivity index (χ1n) is 22.3. The molecule has 3 N–H and O–H groups in total. The highest BCUT2D eigenvalue weighted by Gasteiger charge is 2.76. The number of benzene rings is 6. The third kappa shape index (κ3) is 8.34. The number of esters is 1. The van der Waals surface area contributed by atoms with E-state index in [1.165, 1.54) is 0 Å². The zero-order valence-electron chi connectivity index (χ0n) is 37.1. The molecular formula is C55H50N4O8. The Labute approximate surface area is 389 Å². The summed E-state index contributed by atoms with van der Waals surface area (Å²) in [5.41, 5.74) is 2.48. The van der Waals surface area contributed by atoms with Crippen LogP contribution in [0.4, 0.5) is 10.5 Å². The summed E-state index contributed by atoms with van der Waals surface area (Å²) in [5, 5.41) is 24.5. The number of aliphatic hydroxyl groups is 1. The number of anilines is 1. The first-order chi connectivity index (χ1) is 32.6. The van der Waals surface area contributed by atoms with E-state index in [1.54, 1.807) is 49.4 Å². The van der Waals surface area contributed by atoms with Crippen LogP contribution in [-0.4, -0.2) is 76.7 Å². The van der Waals surface area contributed by atoms with Gasteiger partial charge in [-0.25, -0.2) is 9.69 Å². The van der Waals surface area contributed by atoms with E-state index in [9.17, 15) is 19.8 Å². The molecule has 3 aliphatic heterocycles. The summed E-state index contributed by atoms with van der Waals surface area (Å²) in [6.07, 6.45) is -0.944. The molecule has 12 nitrogen and oxygen atoms in total. The molecule has 7 atom stereocenters. The third-order valence-electron chi connectivity index (χ3n) is 13.0. The number of amides is 3. The number of aliphatic carboxylic acids is 1. The van der Waals surface area contributed by atoms with E-state index in [2.05, 4.69) is 22.1 Å². The lowest BCUT2D eigenvalue weighted by Crippen LogP contribution is -2.54. The fraction of sp³-hybridized carbons (Fsp3) is 0.236. The van der Waals surface area contributed by atoms with Gasteiger partial charge in [-0.15, -0.1) is 0 Å². The van der Waals surface area contributed by atoms with Gasteiger partial charge in [-0.05, 0) is 77.7 Å². The average Bonchev–Trinajstić information content (AvgIpc) is 3.81. The summed E-state index contributed by atoms with van der Waals surface area (Å²) < 4.78 is 12.4. The normalized spacial score (nSPS) is 22.3. The predicted octanol–water partition coefficient (Wildman–Crippen LogP) is 7.76. The number of aliphatic hydroxyl groups excluding tert-OH is 1. The second-order valence-corrected chi connectivity index (χ2v) is 17.2. The number of imide groups is 1. The highest BCUT2D eigenvalue weighted by Crippen LogP contribution is 2.66. The zero-order chi connectivity index (χ0) is 46.7. The van der Waals surface area contributed by atoms with Crippen molar-refractivity contribution in [1.82, 2.24) is 15.1 Å². The minimum absolute atomic E-state index is 0.0315. The van der Waals surface area contributed by atoms with Crippen LogP contribution in [-0.2, 0) is 31.1 Å². The van der Waals surface area contributed by atoms with Crippen LogP contribution in [0.2, 0.25) is 0 Å². The molecule has 2 fully saturated rings. The van der Waals surface area contributed by atoms with Gasteiger partial charge in [0.05, 0.1) is 37.0 Å². The van der Waals surface area contributed by atoms with Gasteiger partial charge in [-0.3, -0.25) is 24.2 Å². The molecule has 3 aliphatic rings. The predicted molar refractivity (Wildman–Crippen MR) is 252 cm³/mol. The number of hydrogen-bond acceptors (Lipinski definition) is 9. The summed E-state index contributed by atoms with van der Waals surface area (Å²) >= 11 is 0. The molecule has 0 aliphatic carbocycles. The third-order valence-corrected chi connectivity index (χ3v) is 13.0. The maximum absolute atomic E-state index is 16.3. The van der Waals surface area contributed by atoms with Gasteiger partial charge in [-0.1, -0.05) is 145 Å². The second-order valence-electron chi connectivity index (χ2n) is 17.2. The van der Waals surface area contributed by atoms with Crippen molar-refractivity contribution in [3.63, 3.8) is 0 Å². The number of morpholine rings is 1. The van der Waals surface area contributed by atoms with Crippen molar-refractivity contribution in [2.75, 3.05) is 31.7 Å². The lowest BCUT2D eigenvalue weighted by Gasteiger charge is -2.46. The number of carboxylic acid groups (broad SMARTS) is 1. The van der Waals surface area contributed by atoms with Gasteiger partial charge in [0, 0.05) is 12.1 Å². The Morgan fingerprint density at radius 3 is 2.12 bits per heavy atom. The molecule has 2 saturated heterocycles. The van der Waals surface area contributed by atoms with Crippen molar-refractivity contribution in [2.45, 2.75) is 49.2 Å². The quantitative estimate of drug-likeness (QED) is 0.0823. The molecule has 67 heavy (non-hydrogen) atoms. The summed E-state index contributed by atoms with van der Waals surface area (Å²) in [6, 6.07) is 45.0. The number of hydrogen-bond donors (Lipinski definition) is 3. The van der Waals surface area contributed by atoms with Crippen LogP contribution in [0.5, 0.6) is 5.75 Å². The summed E-state index contributed by atoms with van der Waals surface area (Å²) in [7, 11) is 1.96. The van der Waals surface area contributed by atoms with E-state index in [0.29, 0.717) is 41.1 Å². The van der Waals surface area contributed by atoms with Gasteiger partial charge in [0.15, 0.2) is 0 Å². The van der Waals surface area contributed by atoms with Gasteiger partial charge in [0.25, 0.3) is 0 Å². The maximum Gasteiger partial charge on any atom is 0.329 e. The van der Waals surface area contributed by atoms with Crippen molar-refractivity contribution in [2.24, 2.45) is 5.92 Å². The molecule has 0 saturated carbocycles. The summed E-state index contributed by atoms with van der Waals surface area (Å²) in [6.45, 7) is 2.56. The molecule has 7 unspecified atom stereocenters. The molecule has 12 heteroatoms. The first kappa shape index (κ1) is 44.6. The molecule has 3 heterocycles. The Bertz CT molecular complexity index is 2840. The summed E-state index contributed by atoms with van der Waals surface area (Å²) in [5.74, 6) is 2.01. The lowest BCUT2D eigenvalue weighted by molar-refractivity contribution is -0.179. The van der Waals surface area contributed by atoms with E-state index in [-0.39, 0.29) is 24.5 Å². The number of rotatable bonds is 12. The Morgan fingerprint density at radius 2 is 1.45 bits per heavy atom. The minimum Gasteiger partial charge on any atom is -0.491 e. The molecule has 6 aromatic carbocycles. The Balaban J connectivity index is 1.27. The number of urea groups is 1. The fourth-order valence-electron chi connectivity index (χ4n) is 10.2. The molecule has 338 valence electrons. The van der Waals surface area contributed by atoms with E-state index in [1.807, 2.05) is 133 Å². The van der Waals surface area contributed by atoms with Crippen LogP contribution in [0.25, 0.3) is 0 Å². The maximum atomic E-state index is 16.3.